The third-order valence-corrected chi connectivity index (χ3v) is 3.95. The molecule has 0 aliphatic carbocycles. The maximum absolute atomic E-state index is 12.7. The topological polar surface area (TPSA) is 56.8 Å². The second kappa shape index (κ2) is 7.73. The maximum atomic E-state index is 12.7. The second-order valence-corrected chi connectivity index (χ2v) is 5.43. The van der Waals surface area contributed by atoms with Crippen molar-refractivity contribution in [2.75, 3.05) is 21.3 Å². The third-order valence-electron chi connectivity index (χ3n) is 3.95. The van der Waals surface area contributed by atoms with Crippen LogP contribution in [0.2, 0.25) is 0 Å². The fourth-order valence-electron chi connectivity index (χ4n) is 2.70. The standard InChI is InChI=1S/C19H23NO4/c1-12-8-6-7-9-14(12)13(2)20-19(21)15-10-11-16(22-3)18(24-5)17(15)23-4/h6-11,13H,1-5H3,(H,20,21). The van der Waals surface area contributed by atoms with Crippen LogP contribution in [0.5, 0.6) is 17.2 Å². The van der Waals surface area contributed by atoms with Gasteiger partial charge in [0.05, 0.1) is 32.9 Å². The molecule has 0 heterocycles. The Morgan fingerprint density at radius 2 is 1.62 bits per heavy atom. The Bertz CT molecular complexity index is 727. The van der Waals surface area contributed by atoms with Gasteiger partial charge in [-0.2, -0.15) is 0 Å². The fourth-order valence-corrected chi connectivity index (χ4v) is 2.70. The number of nitrogens with one attached hydrogen (secondary N) is 1. The summed E-state index contributed by atoms with van der Waals surface area (Å²) in [4.78, 5) is 12.7. The van der Waals surface area contributed by atoms with Crippen LogP contribution >= 0.6 is 0 Å². The van der Waals surface area contributed by atoms with Crippen molar-refractivity contribution < 1.29 is 19.0 Å². The molecule has 0 spiro atoms. The molecule has 24 heavy (non-hydrogen) atoms. The summed E-state index contributed by atoms with van der Waals surface area (Å²) in [5, 5.41) is 3.00. The largest absolute Gasteiger partial charge is 0.493 e. The Morgan fingerprint density at radius 1 is 0.958 bits per heavy atom. The minimum atomic E-state index is -0.233. The van der Waals surface area contributed by atoms with E-state index in [4.69, 9.17) is 14.2 Å². The summed E-state index contributed by atoms with van der Waals surface area (Å²) >= 11 is 0. The molecule has 5 heteroatoms. The molecule has 0 radical (unpaired) electrons. The van der Waals surface area contributed by atoms with Gasteiger partial charge in [0, 0.05) is 0 Å². The Kier molecular flexibility index (Phi) is 5.68. The highest BCUT2D eigenvalue weighted by Gasteiger charge is 2.22. The molecule has 0 aromatic heterocycles. The maximum Gasteiger partial charge on any atom is 0.255 e. The number of hydrogen-bond donors (Lipinski definition) is 1. The van der Waals surface area contributed by atoms with Crippen LogP contribution in [0.25, 0.3) is 0 Å². The van der Waals surface area contributed by atoms with Crippen LogP contribution in [-0.2, 0) is 0 Å². The molecule has 1 amide bonds. The van der Waals surface area contributed by atoms with Gasteiger partial charge in [0.15, 0.2) is 11.5 Å². The molecular weight excluding hydrogens is 306 g/mol. The number of carbonyl (C=O) groups excluding carboxylic acids is 1. The van der Waals surface area contributed by atoms with Crippen LogP contribution in [0.3, 0.4) is 0 Å². The summed E-state index contributed by atoms with van der Waals surface area (Å²) in [6.45, 7) is 3.97. The van der Waals surface area contributed by atoms with E-state index >= 15 is 0 Å². The van der Waals surface area contributed by atoms with E-state index < -0.39 is 0 Å². The molecule has 2 aromatic rings. The van der Waals surface area contributed by atoms with Gasteiger partial charge in [0.25, 0.3) is 5.91 Å². The lowest BCUT2D eigenvalue weighted by Gasteiger charge is -2.19. The highest BCUT2D eigenvalue weighted by atomic mass is 16.5. The van der Waals surface area contributed by atoms with Crippen molar-refractivity contribution in [2.24, 2.45) is 0 Å². The number of ether oxygens (including phenoxy) is 3. The minimum Gasteiger partial charge on any atom is -0.493 e. The van der Waals surface area contributed by atoms with Crippen molar-refractivity contribution >= 4 is 5.91 Å². The Hall–Kier alpha value is -2.69. The molecule has 1 N–H and O–H groups in total. The summed E-state index contributed by atoms with van der Waals surface area (Å²) in [7, 11) is 4.55. The first-order valence-electron chi connectivity index (χ1n) is 7.68. The molecule has 1 unspecified atom stereocenters. The van der Waals surface area contributed by atoms with E-state index in [1.54, 1.807) is 12.1 Å². The molecule has 2 rings (SSSR count). The van der Waals surface area contributed by atoms with Crippen LogP contribution in [0.1, 0.15) is 34.5 Å². The van der Waals surface area contributed by atoms with Gasteiger partial charge in [-0.3, -0.25) is 4.79 Å². The van der Waals surface area contributed by atoms with Crippen molar-refractivity contribution in [3.63, 3.8) is 0 Å². The van der Waals surface area contributed by atoms with E-state index in [1.807, 2.05) is 38.1 Å². The Morgan fingerprint density at radius 3 is 2.21 bits per heavy atom. The van der Waals surface area contributed by atoms with Crippen LogP contribution in [0.4, 0.5) is 0 Å². The van der Waals surface area contributed by atoms with Gasteiger partial charge in [-0.25, -0.2) is 0 Å². The van der Waals surface area contributed by atoms with Crippen molar-refractivity contribution in [1.82, 2.24) is 5.32 Å². The quantitative estimate of drug-likeness (QED) is 0.881. The highest BCUT2D eigenvalue weighted by molar-refractivity contribution is 5.98. The number of benzene rings is 2. The third kappa shape index (κ3) is 3.45. The smallest absolute Gasteiger partial charge is 0.255 e. The van der Waals surface area contributed by atoms with Crippen LogP contribution < -0.4 is 19.5 Å². The van der Waals surface area contributed by atoms with E-state index in [-0.39, 0.29) is 11.9 Å². The van der Waals surface area contributed by atoms with Gasteiger partial charge < -0.3 is 19.5 Å². The molecule has 1 atom stereocenters. The van der Waals surface area contributed by atoms with E-state index in [9.17, 15) is 4.79 Å². The molecule has 2 aromatic carbocycles. The molecule has 5 nitrogen and oxygen atoms in total. The SMILES string of the molecule is COc1ccc(C(=O)NC(C)c2ccccc2C)c(OC)c1OC. The average molecular weight is 329 g/mol. The van der Waals surface area contributed by atoms with Crippen LogP contribution in [0.15, 0.2) is 36.4 Å². The number of hydrogen-bond acceptors (Lipinski definition) is 4. The van der Waals surface area contributed by atoms with Crippen molar-refractivity contribution in [3.05, 3.63) is 53.1 Å². The first kappa shape index (κ1) is 17.7. The monoisotopic (exact) mass is 329 g/mol. The lowest BCUT2D eigenvalue weighted by atomic mass is 10.0. The van der Waals surface area contributed by atoms with Crippen molar-refractivity contribution in [1.29, 1.82) is 0 Å². The zero-order valence-electron chi connectivity index (χ0n) is 14.7. The molecule has 0 aliphatic rings. The second-order valence-electron chi connectivity index (χ2n) is 5.43. The van der Waals surface area contributed by atoms with Crippen LogP contribution in [-0.4, -0.2) is 27.2 Å². The lowest BCUT2D eigenvalue weighted by Crippen LogP contribution is -2.27. The number of methoxy groups -OCH3 is 3. The molecule has 0 saturated carbocycles. The molecule has 0 aliphatic heterocycles. The lowest BCUT2D eigenvalue weighted by molar-refractivity contribution is 0.0936. The average Bonchev–Trinajstić information content (AvgIpc) is 2.60. The molecule has 128 valence electrons. The molecule has 0 saturated heterocycles. The predicted molar refractivity (Wildman–Crippen MR) is 93.2 cm³/mol. The summed E-state index contributed by atoms with van der Waals surface area (Å²) in [5.74, 6) is 1.03. The molecule has 0 fully saturated rings. The summed E-state index contributed by atoms with van der Waals surface area (Å²) in [6, 6.07) is 11.2. The Balaban J connectivity index is 2.31. The van der Waals surface area contributed by atoms with Gasteiger partial charge in [-0.15, -0.1) is 0 Å². The highest BCUT2D eigenvalue weighted by Crippen LogP contribution is 2.39. The van der Waals surface area contributed by atoms with Gasteiger partial charge in [0.1, 0.15) is 0 Å². The minimum absolute atomic E-state index is 0.128. The Labute approximate surface area is 142 Å². The zero-order valence-corrected chi connectivity index (χ0v) is 14.7. The van der Waals surface area contributed by atoms with E-state index in [1.165, 1.54) is 21.3 Å². The van der Waals surface area contributed by atoms with Gasteiger partial charge in [-0.05, 0) is 37.1 Å². The molecular formula is C19H23NO4. The fraction of sp³-hybridized carbons (Fsp3) is 0.316. The zero-order chi connectivity index (χ0) is 17.7. The number of aryl methyl sites for hydroxylation is 1. The summed E-state index contributed by atoms with van der Waals surface area (Å²) in [5.41, 5.74) is 2.60. The van der Waals surface area contributed by atoms with E-state index in [2.05, 4.69) is 5.32 Å². The number of carbonyl (C=O) groups is 1. The normalized spacial score (nSPS) is 11.5. The first-order chi connectivity index (χ1) is 11.5. The predicted octanol–water partition coefficient (Wildman–Crippen LogP) is 3.51. The summed E-state index contributed by atoms with van der Waals surface area (Å²) in [6.07, 6.45) is 0. The van der Waals surface area contributed by atoms with Gasteiger partial charge in [0.2, 0.25) is 5.75 Å². The van der Waals surface area contributed by atoms with Crippen molar-refractivity contribution in [2.45, 2.75) is 19.9 Å². The van der Waals surface area contributed by atoms with E-state index in [0.717, 1.165) is 11.1 Å². The number of rotatable bonds is 6. The number of amides is 1. The summed E-state index contributed by atoms with van der Waals surface area (Å²) < 4.78 is 15.9. The van der Waals surface area contributed by atoms with E-state index in [0.29, 0.717) is 22.8 Å². The first-order valence-corrected chi connectivity index (χ1v) is 7.68. The van der Waals surface area contributed by atoms with Gasteiger partial charge >= 0.3 is 0 Å². The van der Waals surface area contributed by atoms with Crippen LogP contribution in [0, 0.1) is 6.92 Å². The van der Waals surface area contributed by atoms with Gasteiger partial charge in [-0.1, -0.05) is 24.3 Å². The van der Waals surface area contributed by atoms with Crippen molar-refractivity contribution in [3.8, 4) is 17.2 Å². The molecule has 0 bridgehead atoms.